The Morgan fingerprint density at radius 3 is 3.00 bits per heavy atom. The van der Waals surface area contributed by atoms with Crippen LogP contribution in [0.5, 0.6) is 0 Å². The molecule has 0 saturated heterocycles. The smallest absolute Gasteiger partial charge is 0.329 e. The monoisotopic (exact) mass is 253 g/mol. The van der Waals surface area contributed by atoms with E-state index < -0.39 is 12.0 Å². The molecule has 2 rings (SSSR count). The molecule has 0 spiro atoms. The highest BCUT2D eigenvalue weighted by Crippen LogP contribution is 2.21. The number of hydrogen-bond donors (Lipinski definition) is 1. The van der Waals surface area contributed by atoms with Crippen molar-refractivity contribution in [1.82, 2.24) is 14.9 Å². The molecule has 1 aromatic rings. The SMILES string of the molecule is COCC(=O)N1Cc2[nH]cnc2CC1C(=O)OC. The lowest BCUT2D eigenvalue weighted by Gasteiger charge is -2.32. The number of amides is 1. The Kier molecular flexibility index (Phi) is 3.61. The first kappa shape index (κ1) is 12.6. The predicted octanol–water partition coefficient (Wildman–Crippen LogP) is -0.518. The lowest BCUT2D eigenvalue weighted by molar-refractivity contribution is -0.155. The Hall–Kier alpha value is -1.89. The highest BCUT2D eigenvalue weighted by molar-refractivity contribution is 5.85. The number of aromatic nitrogens is 2. The topological polar surface area (TPSA) is 84.5 Å². The molecule has 1 aliphatic heterocycles. The maximum atomic E-state index is 11.9. The predicted molar refractivity (Wildman–Crippen MR) is 60.5 cm³/mol. The molecule has 7 heteroatoms. The van der Waals surface area contributed by atoms with E-state index in [0.29, 0.717) is 13.0 Å². The fourth-order valence-corrected chi connectivity index (χ4v) is 2.05. The average Bonchev–Trinajstić information content (AvgIpc) is 2.83. The summed E-state index contributed by atoms with van der Waals surface area (Å²) in [4.78, 5) is 32.2. The molecule has 0 aromatic carbocycles. The fraction of sp³-hybridized carbons (Fsp3) is 0.545. The quantitative estimate of drug-likeness (QED) is 0.733. The van der Waals surface area contributed by atoms with Crippen LogP contribution >= 0.6 is 0 Å². The van der Waals surface area contributed by atoms with E-state index in [-0.39, 0.29) is 12.5 Å². The van der Waals surface area contributed by atoms with Crippen molar-refractivity contribution in [3.8, 4) is 0 Å². The molecule has 1 unspecified atom stereocenters. The Balaban J connectivity index is 2.24. The number of ether oxygens (including phenoxy) is 2. The third kappa shape index (κ3) is 2.21. The first-order valence-electron chi connectivity index (χ1n) is 5.54. The van der Waals surface area contributed by atoms with E-state index in [1.807, 2.05) is 0 Å². The van der Waals surface area contributed by atoms with Crippen molar-refractivity contribution >= 4 is 11.9 Å². The lowest BCUT2D eigenvalue weighted by atomic mass is 10.0. The molecule has 7 nitrogen and oxygen atoms in total. The van der Waals surface area contributed by atoms with Gasteiger partial charge in [-0.15, -0.1) is 0 Å². The molecule has 1 aliphatic rings. The van der Waals surface area contributed by atoms with Gasteiger partial charge in [-0.05, 0) is 0 Å². The van der Waals surface area contributed by atoms with Gasteiger partial charge in [-0.3, -0.25) is 4.79 Å². The van der Waals surface area contributed by atoms with Crippen molar-refractivity contribution < 1.29 is 19.1 Å². The summed E-state index contributed by atoms with van der Waals surface area (Å²) >= 11 is 0. The molecule has 1 atom stereocenters. The third-order valence-corrected chi connectivity index (χ3v) is 2.96. The van der Waals surface area contributed by atoms with Crippen LogP contribution in [0.3, 0.4) is 0 Å². The second-order valence-electron chi connectivity index (χ2n) is 4.03. The number of carbonyl (C=O) groups excluding carboxylic acids is 2. The van der Waals surface area contributed by atoms with Crippen LogP contribution in [0.4, 0.5) is 0 Å². The Labute approximate surface area is 104 Å². The van der Waals surface area contributed by atoms with Gasteiger partial charge >= 0.3 is 5.97 Å². The minimum Gasteiger partial charge on any atom is -0.467 e. The van der Waals surface area contributed by atoms with Crippen LogP contribution in [-0.2, 0) is 32.0 Å². The van der Waals surface area contributed by atoms with E-state index in [9.17, 15) is 9.59 Å². The highest BCUT2D eigenvalue weighted by Gasteiger charge is 2.36. The van der Waals surface area contributed by atoms with Crippen LogP contribution in [0, 0.1) is 0 Å². The first-order chi connectivity index (χ1) is 8.67. The van der Waals surface area contributed by atoms with Gasteiger partial charge in [0.2, 0.25) is 5.91 Å². The Morgan fingerprint density at radius 2 is 2.33 bits per heavy atom. The third-order valence-electron chi connectivity index (χ3n) is 2.96. The van der Waals surface area contributed by atoms with Crippen LogP contribution in [0.15, 0.2) is 6.33 Å². The van der Waals surface area contributed by atoms with Crippen LogP contribution in [0.25, 0.3) is 0 Å². The van der Waals surface area contributed by atoms with Gasteiger partial charge in [-0.25, -0.2) is 9.78 Å². The number of esters is 1. The first-order valence-corrected chi connectivity index (χ1v) is 5.54. The standard InChI is InChI=1S/C11H15N3O4/c1-17-5-10(15)14-4-8-7(12-6-13-8)3-9(14)11(16)18-2/h6,9H,3-5H2,1-2H3,(H,12,13). The van der Waals surface area contributed by atoms with Crippen LogP contribution in [0.2, 0.25) is 0 Å². The number of aromatic amines is 1. The zero-order valence-electron chi connectivity index (χ0n) is 10.3. The second-order valence-corrected chi connectivity index (χ2v) is 4.03. The number of nitrogens with zero attached hydrogens (tertiary/aromatic N) is 2. The largest absolute Gasteiger partial charge is 0.467 e. The van der Waals surface area contributed by atoms with Crippen molar-refractivity contribution in [3.63, 3.8) is 0 Å². The number of imidazole rings is 1. The average molecular weight is 253 g/mol. The van der Waals surface area contributed by atoms with Crippen molar-refractivity contribution in [2.75, 3.05) is 20.8 Å². The molecule has 18 heavy (non-hydrogen) atoms. The molecule has 98 valence electrons. The molecule has 0 fully saturated rings. The van der Waals surface area contributed by atoms with Gasteiger partial charge < -0.3 is 19.4 Å². The summed E-state index contributed by atoms with van der Waals surface area (Å²) in [7, 11) is 2.75. The van der Waals surface area contributed by atoms with Gasteiger partial charge in [0.05, 0.1) is 31.4 Å². The molecule has 0 saturated carbocycles. The maximum absolute atomic E-state index is 11.9. The number of H-pyrrole nitrogens is 1. The number of hydrogen-bond acceptors (Lipinski definition) is 5. The number of rotatable bonds is 3. The normalized spacial score (nSPS) is 18.3. The van der Waals surface area contributed by atoms with E-state index in [1.54, 1.807) is 6.33 Å². The van der Waals surface area contributed by atoms with Gasteiger partial charge in [-0.1, -0.05) is 0 Å². The van der Waals surface area contributed by atoms with Gasteiger partial charge in [0.1, 0.15) is 12.6 Å². The number of nitrogens with one attached hydrogen (secondary N) is 1. The van der Waals surface area contributed by atoms with E-state index in [1.165, 1.54) is 19.1 Å². The number of fused-ring (bicyclic) bond motifs is 1. The van der Waals surface area contributed by atoms with Gasteiger partial charge in [0.25, 0.3) is 0 Å². The summed E-state index contributed by atoms with van der Waals surface area (Å²) in [6.07, 6.45) is 1.92. The van der Waals surface area contributed by atoms with Crippen LogP contribution < -0.4 is 0 Å². The minimum absolute atomic E-state index is 0.0586. The molecule has 1 amide bonds. The minimum atomic E-state index is -0.631. The van der Waals surface area contributed by atoms with E-state index in [0.717, 1.165) is 11.4 Å². The highest BCUT2D eigenvalue weighted by atomic mass is 16.5. The summed E-state index contributed by atoms with van der Waals surface area (Å²) in [5.41, 5.74) is 1.64. The van der Waals surface area contributed by atoms with Crippen molar-refractivity contribution in [1.29, 1.82) is 0 Å². The van der Waals surface area contributed by atoms with Crippen LogP contribution in [0.1, 0.15) is 11.4 Å². The van der Waals surface area contributed by atoms with E-state index >= 15 is 0 Å². The molecule has 1 N–H and O–H groups in total. The molecule has 0 radical (unpaired) electrons. The number of carbonyl (C=O) groups is 2. The summed E-state index contributed by atoms with van der Waals surface area (Å²) in [6, 6.07) is -0.631. The van der Waals surface area contributed by atoms with E-state index in [4.69, 9.17) is 9.47 Å². The van der Waals surface area contributed by atoms with Gasteiger partial charge in [-0.2, -0.15) is 0 Å². The molecule has 0 bridgehead atoms. The fourth-order valence-electron chi connectivity index (χ4n) is 2.05. The number of methoxy groups -OCH3 is 2. The molecular weight excluding hydrogens is 238 g/mol. The summed E-state index contributed by atoms with van der Waals surface area (Å²) < 4.78 is 9.55. The molecule has 2 heterocycles. The molecule has 0 aliphatic carbocycles. The van der Waals surface area contributed by atoms with Gasteiger partial charge in [0.15, 0.2) is 0 Å². The Bertz CT molecular complexity index is 457. The van der Waals surface area contributed by atoms with Crippen LogP contribution in [-0.4, -0.2) is 53.6 Å². The van der Waals surface area contributed by atoms with Gasteiger partial charge in [0, 0.05) is 13.5 Å². The zero-order chi connectivity index (χ0) is 13.1. The molecule has 1 aromatic heterocycles. The van der Waals surface area contributed by atoms with Crippen molar-refractivity contribution in [2.24, 2.45) is 0 Å². The van der Waals surface area contributed by atoms with Crippen molar-refractivity contribution in [2.45, 2.75) is 19.0 Å². The summed E-state index contributed by atoms with van der Waals surface area (Å²) in [5, 5.41) is 0. The molecular formula is C11H15N3O4. The van der Waals surface area contributed by atoms with E-state index in [2.05, 4.69) is 9.97 Å². The summed E-state index contributed by atoms with van der Waals surface area (Å²) in [6.45, 7) is 0.258. The summed E-state index contributed by atoms with van der Waals surface area (Å²) in [5.74, 6) is -0.679. The second kappa shape index (κ2) is 5.18. The Morgan fingerprint density at radius 1 is 1.56 bits per heavy atom. The lowest BCUT2D eigenvalue weighted by Crippen LogP contribution is -2.50. The zero-order valence-corrected chi connectivity index (χ0v) is 10.3. The maximum Gasteiger partial charge on any atom is 0.329 e. The van der Waals surface area contributed by atoms with Crippen molar-refractivity contribution in [3.05, 3.63) is 17.7 Å².